The Balaban J connectivity index is 0.000000169. The van der Waals surface area contributed by atoms with E-state index in [0.717, 1.165) is 5.52 Å². The Morgan fingerprint density at radius 3 is 2.72 bits per heavy atom. The number of hydrogen-bond donors (Lipinski definition) is 1. The van der Waals surface area contributed by atoms with Crippen molar-refractivity contribution in [3.63, 3.8) is 0 Å². The van der Waals surface area contributed by atoms with Gasteiger partial charge in [-0.1, -0.05) is 18.2 Å². The van der Waals surface area contributed by atoms with Crippen LogP contribution in [0, 0.1) is 0 Å². The number of benzene rings is 1. The fourth-order valence-electron chi connectivity index (χ4n) is 1.96. The number of rotatable bonds is 0. The molecule has 2 aromatic heterocycles. The molecule has 0 fully saturated rings. The van der Waals surface area contributed by atoms with Gasteiger partial charge in [-0.05, 0) is 12.1 Å². The van der Waals surface area contributed by atoms with E-state index in [1.54, 1.807) is 6.21 Å². The van der Waals surface area contributed by atoms with E-state index in [0.29, 0.717) is 13.3 Å². The Morgan fingerprint density at radius 1 is 1.06 bits per heavy atom. The largest absolute Gasteiger partial charge is 0.354 e. The van der Waals surface area contributed by atoms with Gasteiger partial charge in [0.1, 0.15) is 6.73 Å². The number of nitrogens with zero attached hydrogens (tertiary/aromatic N) is 2. The van der Waals surface area contributed by atoms with Crippen molar-refractivity contribution in [2.45, 2.75) is 0 Å². The van der Waals surface area contributed by atoms with Crippen molar-refractivity contribution in [2.24, 2.45) is 4.99 Å². The number of pyridine rings is 1. The van der Waals surface area contributed by atoms with E-state index in [1.165, 1.54) is 16.3 Å². The van der Waals surface area contributed by atoms with Crippen molar-refractivity contribution < 1.29 is 4.74 Å². The Bertz CT molecular complexity index is 631. The lowest BCUT2D eigenvalue weighted by Gasteiger charge is -1.87. The number of aliphatic imine (C=N–C) groups is 1. The zero-order chi connectivity index (χ0) is 12.2. The molecule has 4 nitrogen and oxygen atoms in total. The highest BCUT2D eigenvalue weighted by atomic mass is 16.5. The van der Waals surface area contributed by atoms with E-state index < -0.39 is 0 Å². The smallest absolute Gasteiger partial charge is 0.137 e. The SMILES string of the molecule is C1=NCOC1.c1ccc2c(c1)[nH]c1cnccc12. The molecule has 0 unspecified atom stereocenters. The molecule has 0 spiro atoms. The Labute approximate surface area is 104 Å². The summed E-state index contributed by atoms with van der Waals surface area (Å²) in [6.07, 6.45) is 5.44. The van der Waals surface area contributed by atoms with Gasteiger partial charge in [-0.2, -0.15) is 0 Å². The molecular formula is C14H13N3O. The Kier molecular flexibility index (Phi) is 3.02. The number of para-hydroxylation sites is 1. The van der Waals surface area contributed by atoms with Gasteiger partial charge in [0, 0.05) is 28.7 Å². The van der Waals surface area contributed by atoms with Crippen LogP contribution in [-0.4, -0.2) is 29.5 Å². The molecule has 4 heteroatoms. The fraction of sp³-hybridized carbons (Fsp3) is 0.143. The second-order valence-electron chi connectivity index (χ2n) is 3.96. The van der Waals surface area contributed by atoms with Crippen LogP contribution in [0.3, 0.4) is 0 Å². The maximum Gasteiger partial charge on any atom is 0.137 e. The van der Waals surface area contributed by atoms with Crippen LogP contribution in [0.2, 0.25) is 0 Å². The molecule has 0 aliphatic carbocycles. The molecule has 0 bridgehead atoms. The zero-order valence-corrected chi connectivity index (χ0v) is 9.84. The molecule has 90 valence electrons. The van der Waals surface area contributed by atoms with Gasteiger partial charge >= 0.3 is 0 Å². The average Bonchev–Trinajstić information content (AvgIpc) is 3.10. The van der Waals surface area contributed by atoms with Crippen LogP contribution in [0.15, 0.2) is 47.7 Å². The van der Waals surface area contributed by atoms with Gasteiger partial charge in [-0.15, -0.1) is 0 Å². The van der Waals surface area contributed by atoms with Crippen LogP contribution < -0.4 is 0 Å². The molecule has 0 amide bonds. The van der Waals surface area contributed by atoms with Crippen molar-refractivity contribution in [1.29, 1.82) is 0 Å². The quantitative estimate of drug-likeness (QED) is 0.655. The molecule has 0 saturated carbocycles. The molecule has 1 aliphatic heterocycles. The summed E-state index contributed by atoms with van der Waals surface area (Å²) in [5, 5.41) is 2.51. The molecule has 0 radical (unpaired) electrons. The summed E-state index contributed by atoms with van der Waals surface area (Å²) in [5.74, 6) is 0. The zero-order valence-electron chi connectivity index (χ0n) is 9.84. The minimum atomic E-state index is 0.569. The van der Waals surface area contributed by atoms with E-state index in [2.05, 4.69) is 33.2 Å². The molecule has 18 heavy (non-hydrogen) atoms. The molecule has 1 aromatic carbocycles. The first-order valence-corrected chi connectivity index (χ1v) is 5.81. The summed E-state index contributed by atoms with van der Waals surface area (Å²) in [4.78, 5) is 11.1. The standard InChI is InChI=1S/C11H8N2.C3H5NO/c1-2-4-10-8(3-1)9-5-6-12-7-11(9)13-10;1-2-5-3-4-1/h1-7,13H;1H,2-3H2. The first-order valence-electron chi connectivity index (χ1n) is 5.81. The number of aromatic nitrogens is 2. The lowest BCUT2D eigenvalue weighted by Crippen LogP contribution is -1.79. The maximum atomic E-state index is 4.72. The van der Waals surface area contributed by atoms with Crippen LogP contribution >= 0.6 is 0 Å². The van der Waals surface area contributed by atoms with Crippen LogP contribution in [0.25, 0.3) is 21.8 Å². The third-order valence-corrected chi connectivity index (χ3v) is 2.79. The lowest BCUT2D eigenvalue weighted by molar-refractivity contribution is 0.203. The van der Waals surface area contributed by atoms with Crippen LogP contribution in [-0.2, 0) is 4.74 Å². The van der Waals surface area contributed by atoms with Gasteiger partial charge in [0.25, 0.3) is 0 Å². The summed E-state index contributed by atoms with van der Waals surface area (Å²) in [5.41, 5.74) is 2.27. The van der Waals surface area contributed by atoms with Gasteiger partial charge < -0.3 is 9.72 Å². The second kappa shape index (κ2) is 4.98. The highest BCUT2D eigenvalue weighted by molar-refractivity contribution is 6.06. The Hall–Kier alpha value is -2.20. The number of aromatic amines is 1. The number of nitrogens with one attached hydrogen (secondary N) is 1. The minimum absolute atomic E-state index is 0.569. The normalized spacial score (nSPS) is 13.8. The van der Waals surface area contributed by atoms with Crippen molar-refractivity contribution in [3.8, 4) is 0 Å². The molecule has 4 rings (SSSR count). The summed E-state index contributed by atoms with van der Waals surface area (Å²) in [6, 6.07) is 10.3. The molecule has 1 aliphatic rings. The lowest BCUT2D eigenvalue weighted by atomic mass is 10.2. The summed E-state index contributed by atoms with van der Waals surface area (Å²) < 4.78 is 4.72. The minimum Gasteiger partial charge on any atom is -0.354 e. The summed E-state index contributed by atoms with van der Waals surface area (Å²) in [7, 11) is 0. The van der Waals surface area contributed by atoms with E-state index in [-0.39, 0.29) is 0 Å². The van der Waals surface area contributed by atoms with E-state index in [1.807, 2.05) is 24.5 Å². The highest BCUT2D eigenvalue weighted by Gasteiger charge is 2.00. The molecule has 0 saturated heterocycles. The van der Waals surface area contributed by atoms with E-state index in [9.17, 15) is 0 Å². The van der Waals surface area contributed by atoms with Crippen LogP contribution in [0.4, 0.5) is 0 Å². The summed E-state index contributed by atoms with van der Waals surface area (Å²) >= 11 is 0. The summed E-state index contributed by atoms with van der Waals surface area (Å²) in [6.45, 7) is 1.28. The number of fused-ring (bicyclic) bond motifs is 3. The molecular weight excluding hydrogens is 226 g/mol. The number of hydrogen-bond acceptors (Lipinski definition) is 3. The molecule has 1 N–H and O–H groups in total. The maximum absolute atomic E-state index is 4.72. The van der Waals surface area contributed by atoms with E-state index >= 15 is 0 Å². The number of ether oxygens (including phenoxy) is 1. The van der Waals surface area contributed by atoms with Gasteiger partial charge in [-0.3, -0.25) is 9.98 Å². The fourth-order valence-corrected chi connectivity index (χ4v) is 1.96. The second-order valence-corrected chi connectivity index (χ2v) is 3.96. The van der Waals surface area contributed by atoms with Gasteiger partial charge in [0.15, 0.2) is 0 Å². The third kappa shape index (κ3) is 2.10. The predicted octanol–water partition coefficient (Wildman–Crippen LogP) is 2.76. The molecule has 0 atom stereocenters. The van der Waals surface area contributed by atoms with Crippen molar-refractivity contribution in [1.82, 2.24) is 9.97 Å². The first-order chi connectivity index (χ1) is 8.95. The van der Waals surface area contributed by atoms with Crippen molar-refractivity contribution in [3.05, 3.63) is 42.7 Å². The first kappa shape index (κ1) is 10.9. The topological polar surface area (TPSA) is 50.3 Å². The average molecular weight is 239 g/mol. The number of H-pyrrole nitrogens is 1. The third-order valence-electron chi connectivity index (χ3n) is 2.79. The van der Waals surface area contributed by atoms with Gasteiger partial charge in [-0.25, -0.2) is 0 Å². The predicted molar refractivity (Wildman–Crippen MR) is 72.9 cm³/mol. The van der Waals surface area contributed by atoms with Gasteiger partial charge in [0.2, 0.25) is 0 Å². The monoisotopic (exact) mass is 239 g/mol. The van der Waals surface area contributed by atoms with E-state index in [4.69, 9.17) is 4.74 Å². The highest BCUT2D eigenvalue weighted by Crippen LogP contribution is 2.23. The van der Waals surface area contributed by atoms with Crippen molar-refractivity contribution >= 4 is 28.0 Å². The van der Waals surface area contributed by atoms with Gasteiger partial charge in [0.05, 0.1) is 18.3 Å². The van der Waals surface area contributed by atoms with Crippen molar-refractivity contribution in [2.75, 3.05) is 13.3 Å². The van der Waals surface area contributed by atoms with Crippen LogP contribution in [0.1, 0.15) is 0 Å². The van der Waals surface area contributed by atoms with Crippen LogP contribution in [0.5, 0.6) is 0 Å². The molecule has 3 heterocycles. The Morgan fingerprint density at radius 2 is 1.94 bits per heavy atom. The molecule has 3 aromatic rings.